The molecule has 0 bridgehead atoms. The first-order valence-electron chi connectivity index (χ1n) is 17.2. The lowest BCUT2D eigenvalue weighted by Gasteiger charge is -2.21. The minimum absolute atomic E-state index is 0.114. The molecule has 9 aromatic rings. The molecule has 7 aromatic carbocycles. The quantitative estimate of drug-likeness (QED) is 0.191. The summed E-state index contributed by atoms with van der Waals surface area (Å²) in [6.45, 7) is 4.63. The van der Waals surface area contributed by atoms with E-state index in [4.69, 9.17) is 0 Å². The molecular weight excluding hydrogens is 621 g/mol. The normalized spacial score (nSPS) is 13.0. The van der Waals surface area contributed by atoms with Gasteiger partial charge in [-0.1, -0.05) is 92.7 Å². The van der Waals surface area contributed by atoms with Crippen LogP contribution in [0.1, 0.15) is 36.1 Å². The highest BCUT2D eigenvalue weighted by molar-refractivity contribution is 6.12. The summed E-state index contributed by atoms with van der Waals surface area (Å²) >= 11 is 0. The molecule has 0 spiro atoms. The molecule has 0 N–H and O–H groups in total. The third-order valence-electron chi connectivity index (χ3n) is 10.9. The van der Waals surface area contributed by atoms with Crippen molar-refractivity contribution in [1.29, 1.82) is 10.5 Å². The Labute approximate surface area is 295 Å². The van der Waals surface area contributed by atoms with Crippen LogP contribution in [0.2, 0.25) is 0 Å². The van der Waals surface area contributed by atoms with Gasteiger partial charge in [0.2, 0.25) is 0 Å². The molecule has 0 fully saturated rings. The highest BCUT2D eigenvalue weighted by Gasteiger charge is 2.36. The number of para-hydroxylation sites is 3. The van der Waals surface area contributed by atoms with E-state index in [1.54, 1.807) is 0 Å². The number of fused-ring (bicyclic) bond motifs is 9. The maximum atomic E-state index is 10.4. The molecule has 4 nitrogen and oxygen atoms in total. The third kappa shape index (κ3) is 4.11. The van der Waals surface area contributed by atoms with Gasteiger partial charge >= 0.3 is 0 Å². The van der Waals surface area contributed by atoms with Gasteiger partial charge in [-0.15, -0.1) is 0 Å². The van der Waals surface area contributed by atoms with Crippen molar-refractivity contribution < 1.29 is 0 Å². The van der Waals surface area contributed by atoms with Gasteiger partial charge in [-0.05, 0) is 100 Å². The number of hydrogen-bond donors (Lipinski definition) is 0. The summed E-state index contributed by atoms with van der Waals surface area (Å²) in [7, 11) is 0. The smallest absolute Gasteiger partial charge is 0.0992 e. The van der Waals surface area contributed by atoms with Gasteiger partial charge in [0.15, 0.2) is 0 Å². The monoisotopic (exact) mass is 650 g/mol. The van der Waals surface area contributed by atoms with Gasteiger partial charge in [0, 0.05) is 38.3 Å². The molecule has 51 heavy (non-hydrogen) atoms. The molecule has 0 atom stereocenters. The number of benzene rings is 7. The topological polar surface area (TPSA) is 57.4 Å². The maximum absolute atomic E-state index is 10.4. The van der Waals surface area contributed by atoms with Crippen LogP contribution in [0.3, 0.4) is 0 Å². The van der Waals surface area contributed by atoms with Crippen molar-refractivity contribution in [2.45, 2.75) is 19.3 Å². The molecule has 2 heterocycles. The number of aromatic nitrogens is 2. The van der Waals surface area contributed by atoms with Crippen molar-refractivity contribution in [2.75, 3.05) is 0 Å². The Morgan fingerprint density at radius 1 is 0.431 bits per heavy atom. The second-order valence-electron chi connectivity index (χ2n) is 14.1. The molecule has 4 heteroatoms. The molecule has 10 rings (SSSR count). The van der Waals surface area contributed by atoms with E-state index in [0.29, 0.717) is 11.1 Å². The van der Waals surface area contributed by atoms with Gasteiger partial charge in [0.25, 0.3) is 0 Å². The van der Waals surface area contributed by atoms with E-state index in [1.807, 2.05) is 24.3 Å². The highest BCUT2D eigenvalue weighted by Crippen LogP contribution is 2.51. The van der Waals surface area contributed by atoms with Gasteiger partial charge in [0.1, 0.15) is 0 Å². The Morgan fingerprint density at radius 2 is 0.902 bits per heavy atom. The Kier molecular flexibility index (Phi) is 6.02. The van der Waals surface area contributed by atoms with Crippen LogP contribution in [0.15, 0.2) is 146 Å². The van der Waals surface area contributed by atoms with E-state index < -0.39 is 0 Å². The molecular formula is C47H30N4. The van der Waals surface area contributed by atoms with Crippen LogP contribution >= 0.6 is 0 Å². The molecule has 1 aliphatic rings. The summed E-state index contributed by atoms with van der Waals surface area (Å²) in [6, 6.07) is 55.7. The van der Waals surface area contributed by atoms with Crippen LogP contribution in [0.4, 0.5) is 0 Å². The van der Waals surface area contributed by atoms with Gasteiger partial charge in [0.05, 0.1) is 45.3 Å². The lowest BCUT2D eigenvalue weighted by molar-refractivity contribution is 0.661. The van der Waals surface area contributed by atoms with Crippen molar-refractivity contribution in [1.82, 2.24) is 9.13 Å². The molecule has 0 radical (unpaired) electrons. The first kappa shape index (κ1) is 29.1. The predicted molar refractivity (Wildman–Crippen MR) is 208 cm³/mol. The average molecular weight is 651 g/mol. The van der Waals surface area contributed by atoms with Crippen molar-refractivity contribution in [2.24, 2.45) is 0 Å². The van der Waals surface area contributed by atoms with E-state index in [0.717, 1.165) is 55.3 Å². The Hall–Kier alpha value is -6.88. The largest absolute Gasteiger partial charge is 0.309 e. The molecule has 2 aromatic heterocycles. The van der Waals surface area contributed by atoms with E-state index in [2.05, 4.69) is 156 Å². The zero-order chi connectivity index (χ0) is 34.4. The van der Waals surface area contributed by atoms with Crippen LogP contribution < -0.4 is 0 Å². The summed E-state index contributed by atoms with van der Waals surface area (Å²) in [6.07, 6.45) is 0. The zero-order valence-electron chi connectivity index (χ0n) is 28.1. The Bertz CT molecular complexity index is 2980. The SMILES string of the molecule is CC1(C)c2ccccc2-c2cc3c(cc21)c1ccccc1n3-c1cc(C#N)cc(-c2cc(C#N)cc(-n3c4ccccc4c4ccccc43)c2)c1. The van der Waals surface area contributed by atoms with Gasteiger partial charge < -0.3 is 9.13 Å². The Balaban J connectivity index is 1.23. The van der Waals surface area contributed by atoms with Crippen molar-refractivity contribution in [3.63, 3.8) is 0 Å². The van der Waals surface area contributed by atoms with Gasteiger partial charge in [-0.25, -0.2) is 0 Å². The summed E-state index contributed by atoms with van der Waals surface area (Å²) in [5.74, 6) is 0. The van der Waals surface area contributed by atoms with Crippen LogP contribution in [0, 0.1) is 22.7 Å². The molecule has 0 saturated heterocycles. The maximum Gasteiger partial charge on any atom is 0.0992 e. The first-order valence-corrected chi connectivity index (χ1v) is 17.2. The highest BCUT2D eigenvalue weighted by atomic mass is 15.0. The molecule has 0 amide bonds. The van der Waals surface area contributed by atoms with E-state index in [9.17, 15) is 10.5 Å². The van der Waals surface area contributed by atoms with Crippen LogP contribution in [-0.2, 0) is 5.41 Å². The lowest BCUT2D eigenvalue weighted by atomic mass is 9.82. The number of rotatable bonds is 3. The zero-order valence-corrected chi connectivity index (χ0v) is 28.1. The van der Waals surface area contributed by atoms with Crippen LogP contribution in [0.25, 0.3) is 77.2 Å². The number of nitriles is 2. The first-order chi connectivity index (χ1) is 24.9. The molecule has 0 saturated carbocycles. The Morgan fingerprint density at radius 3 is 1.45 bits per heavy atom. The second-order valence-corrected chi connectivity index (χ2v) is 14.1. The van der Waals surface area contributed by atoms with Gasteiger partial charge in [-0.3, -0.25) is 0 Å². The van der Waals surface area contributed by atoms with Crippen LogP contribution in [-0.4, -0.2) is 9.13 Å². The fraction of sp³-hybridized carbons (Fsp3) is 0.0638. The van der Waals surface area contributed by atoms with Crippen LogP contribution in [0.5, 0.6) is 0 Å². The fourth-order valence-electron chi connectivity index (χ4n) is 8.58. The number of hydrogen-bond acceptors (Lipinski definition) is 2. The average Bonchev–Trinajstić information content (AvgIpc) is 3.77. The van der Waals surface area contributed by atoms with Crippen molar-refractivity contribution >= 4 is 43.6 Å². The van der Waals surface area contributed by atoms with Crippen molar-refractivity contribution in [3.8, 4) is 45.8 Å². The molecule has 0 unspecified atom stereocenters. The van der Waals surface area contributed by atoms with E-state index >= 15 is 0 Å². The molecule has 238 valence electrons. The second kappa shape index (κ2) is 10.6. The standard InChI is InChI=1S/C47H30N4/c1-47(2)41-15-7-3-11-35(41)39-26-46-40(25-42(39)47)38-14-6-10-18-45(38)51(46)34-22-30(28-49)20-32(24-34)31-19-29(27-48)21-33(23-31)50-43-16-8-4-12-36(43)37-13-5-9-17-44(37)50/h3-26H,1-2H3. The molecule has 0 aliphatic heterocycles. The predicted octanol–water partition coefficient (Wildman–Crippen LogP) is 11.6. The lowest BCUT2D eigenvalue weighted by Crippen LogP contribution is -2.14. The van der Waals surface area contributed by atoms with E-state index in [1.165, 1.54) is 33.0 Å². The van der Waals surface area contributed by atoms with Crippen molar-refractivity contribution in [3.05, 3.63) is 168 Å². The molecule has 1 aliphatic carbocycles. The minimum atomic E-state index is -0.114. The third-order valence-corrected chi connectivity index (χ3v) is 10.9. The van der Waals surface area contributed by atoms with Gasteiger partial charge in [-0.2, -0.15) is 10.5 Å². The summed E-state index contributed by atoms with van der Waals surface area (Å²) in [4.78, 5) is 0. The van der Waals surface area contributed by atoms with E-state index in [-0.39, 0.29) is 5.41 Å². The summed E-state index contributed by atoms with van der Waals surface area (Å²) in [5.41, 5.74) is 14.1. The summed E-state index contributed by atoms with van der Waals surface area (Å²) < 4.78 is 4.53. The fourth-order valence-corrected chi connectivity index (χ4v) is 8.58. The number of nitrogens with zero attached hydrogens (tertiary/aromatic N) is 4. The minimum Gasteiger partial charge on any atom is -0.309 e. The summed E-state index contributed by atoms with van der Waals surface area (Å²) in [5, 5.41) is 25.3.